The Bertz CT molecular complexity index is 880. The Balaban J connectivity index is 1.85. The maximum atomic E-state index is 13.4. The molecule has 0 unspecified atom stereocenters. The molecule has 4 nitrogen and oxygen atoms in total. The highest BCUT2D eigenvalue weighted by Crippen LogP contribution is 2.30. The van der Waals surface area contributed by atoms with Gasteiger partial charge in [0.2, 0.25) is 0 Å². The molecule has 0 aliphatic rings. The first-order valence-corrected chi connectivity index (χ1v) is 8.14. The smallest absolute Gasteiger partial charge is 0.321 e. The predicted molar refractivity (Wildman–Crippen MR) is 89.0 cm³/mol. The number of carbonyl (C=O) groups is 1. The number of nitrogens with zero attached hydrogens (tertiary/aromatic N) is 2. The summed E-state index contributed by atoms with van der Waals surface area (Å²) < 4.78 is 32.7. The summed E-state index contributed by atoms with van der Waals surface area (Å²) in [4.78, 5) is 16.6. The summed E-state index contributed by atoms with van der Waals surface area (Å²) in [6.45, 7) is -2.72. The molecule has 0 fully saturated rings. The van der Waals surface area contributed by atoms with Crippen LogP contribution in [0.1, 0.15) is 16.9 Å². The molecule has 124 valence electrons. The number of rotatable bonds is 6. The molecule has 3 aromatic rings. The van der Waals surface area contributed by atoms with Crippen LogP contribution in [0.25, 0.3) is 11.0 Å². The first kappa shape index (κ1) is 16.4. The van der Waals surface area contributed by atoms with Gasteiger partial charge in [0.05, 0.1) is 29.5 Å². The Kier molecular flexibility index (Phi) is 4.80. The van der Waals surface area contributed by atoms with Gasteiger partial charge in [-0.1, -0.05) is 36.0 Å². The summed E-state index contributed by atoms with van der Waals surface area (Å²) in [5.74, 6) is 0.256. The number of imidazole rings is 1. The van der Waals surface area contributed by atoms with Gasteiger partial charge in [-0.2, -0.15) is 8.78 Å². The van der Waals surface area contributed by atoms with E-state index in [-0.39, 0.29) is 16.7 Å². The van der Waals surface area contributed by atoms with Crippen molar-refractivity contribution in [2.24, 2.45) is 0 Å². The van der Waals surface area contributed by atoms with Crippen LogP contribution < -0.4 is 4.74 Å². The summed E-state index contributed by atoms with van der Waals surface area (Å²) in [6.07, 6.45) is 0. The van der Waals surface area contributed by atoms with Crippen molar-refractivity contribution in [3.8, 4) is 5.75 Å². The zero-order valence-electron chi connectivity index (χ0n) is 12.8. The Morgan fingerprint density at radius 1 is 1.21 bits per heavy atom. The van der Waals surface area contributed by atoms with E-state index in [9.17, 15) is 13.6 Å². The maximum Gasteiger partial charge on any atom is 0.321 e. The Morgan fingerprint density at radius 2 is 1.92 bits per heavy atom. The monoisotopic (exact) mass is 348 g/mol. The predicted octanol–water partition coefficient (Wildman–Crippen LogP) is 4.42. The summed E-state index contributed by atoms with van der Waals surface area (Å²) in [6, 6.07) is 13.5. The molecule has 1 heterocycles. The van der Waals surface area contributed by atoms with Crippen molar-refractivity contribution in [1.29, 1.82) is 0 Å². The van der Waals surface area contributed by atoms with Crippen LogP contribution in [-0.4, -0.2) is 28.2 Å². The molecule has 0 bridgehead atoms. The molecule has 0 atom stereocenters. The van der Waals surface area contributed by atoms with Crippen molar-refractivity contribution < 1.29 is 18.3 Å². The van der Waals surface area contributed by atoms with Crippen LogP contribution in [0.5, 0.6) is 5.75 Å². The highest BCUT2D eigenvalue weighted by molar-refractivity contribution is 7.99. The minimum Gasteiger partial charge on any atom is -0.496 e. The first-order valence-electron chi connectivity index (χ1n) is 7.16. The van der Waals surface area contributed by atoms with Crippen molar-refractivity contribution in [3.63, 3.8) is 0 Å². The third-order valence-electron chi connectivity index (χ3n) is 3.50. The molecule has 0 radical (unpaired) electrons. The molecule has 0 N–H and O–H groups in total. The molecular weight excluding hydrogens is 334 g/mol. The number of ketones is 1. The quantitative estimate of drug-likeness (QED) is 0.489. The molecule has 0 spiro atoms. The fourth-order valence-electron chi connectivity index (χ4n) is 2.40. The number of hydrogen-bond acceptors (Lipinski definition) is 4. The lowest BCUT2D eigenvalue weighted by Gasteiger charge is -2.08. The van der Waals surface area contributed by atoms with E-state index in [1.54, 1.807) is 48.5 Å². The zero-order chi connectivity index (χ0) is 17.1. The summed E-state index contributed by atoms with van der Waals surface area (Å²) >= 11 is 0.990. The minimum atomic E-state index is -2.72. The van der Waals surface area contributed by atoms with Gasteiger partial charge in [-0.15, -0.1) is 0 Å². The van der Waals surface area contributed by atoms with E-state index in [0.717, 1.165) is 16.3 Å². The summed E-state index contributed by atoms with van der Waals surface area (Å²) in [7, 11) is 1.48. The van der Waals surface area contributed by atoms with Gasteiger partial charge in [0.25, 0.3) is 0 Å². The normalized spacial score (nSPS) is 11.2. The van der Waals surface area contributed by atoms with Crippen LogP contribution in [0.2, 0.25) is 0 Å². The molecule has 24 heavy (non-hydrogen) atoms. The van der Waals surface area contributed by atoms with E-state index in [4.69, 9.17) is 4.74 Å². The van der Waals surface area contributed by atoms with Crippen LogP contribution in [0, 0.1) is 0 Å². The van der Waals surface area contributed by atoms with E-state index in [1.807, 2.05) is 0 Å². The van der Waals surface area contributed by atoms with Crippen LogP contribution in [0.15, 0.2) is 53.7 Å². The van der Waals surface area contributed by atoms with Gasteiger partial charge >= 0.3 is 6.55 Å². The lowest BCUT2D eigenvalue weighted by molar-refractivity contribution is 0.0656. The van der Waals surface area contributed by atoms with Gasteiger partial charge in [-0.05, 0) is 24.3 Å². The molecule has 0 aliphatic heterocycles. The number of fused-ring (bicyclic) bond motifs is 1. The second-order valence-electron chi connectivity index (χ2n) is 4.94. The third kappa shape index (κ3) is 3.12. The van der Waals surface area contributed by atoms with Gasteiger partial charge in [0.1, 0.15) is 5.75 Å². The van der Waals surface area contributed by atoms with Gasteiger partial charge in [0.15, 0.2) is 10.9 Å². The van der Waals surface area contributed by atoms with Crippen molar-refractivity contribution in [2.45, 2.75) is 11.7 Å². The Labute approximate surface area is 141 Å². The molecule has 3 rings (SSSR count). The number of thioether (sulfide) groups is 1. The molecule has 7 heteroatoms. The maximum absolute atomic E-state index is 13.4. The van der Waals surface area contributed by atoms with Crippen LogP contribution in [-0.2, 0) is 0 Å². The van der Waals surface area contributed by atoms with Crippen molar-refractivity contribution in [3.05, 3.63) is 54.1 Å². The molecule has 0 aliphatic carbocycles. The average molecular weight is 348 g/mol. The van der Waals surface area contributed by atoms with Crippen LogP contribution >= 0.6 is 11.8 Å². The van der Waals surface area contributed by atoms with Gasteiger partial charge in [-0.3, -0.25) is 9.36 Å². The molecular formula is C17H14F2N2O2S. The highest BCUT2D eigenvalue weighted by atomic mass is 32.2. The van der Waals surface area contributed by atoms with Gasteiger partial charge in [-0.25, -0.2) is 4.98 Å². The second kappa shape index (κ2) is 7.00. The Hall–Kier alpha value is -2.41. The summed E-state index contributed by atoms with van der Waals surface area (Å²) in [5.41, 5.74) is 1.25. The third-order valence-corrected chi connectivity index (χ3v) is 4.45. The number of halogens is 2. The number of benzene rings is 2. The lowest BCUT2D eigenvalue weighted by Crippen LogP contribution is -2.07. The number of para-hydroxylation sites is 3. The van der Waals surface area contributed by atoms with Crippen molar-refractivity contribution in [1.82, 2.24) is 9.55 Å². The SMILES string of the molecule is COc1ccccc1C(=O)CSc1nc2ccccc2n1C(F)F. The van der Waals surface area contributed by atoms with Crippen LogP contribution in [0.3, 0.4) is 0 Å². The van der Waals surface area contributed by atoms with Gasteiger partial charge < -0.3 is 4.74 Å². The van der Waals surface area contributed by atoms with E-state index < -0.39 is 6.55 Å². The molecule has 2 aromatic carbocycles. The molecule has 0 saturated heterocycles. The number of aromatic nitrogens is 2. The Morgan fingerprint density at radius 3 is 2.67 bits per heavy atom. The number of methoxy groups -OCH3 is 1. The topological polar surface area (TPSA) is 44.1 Å². The fourth-order valence-corrected chi connectivity index (χ4v) is 3.29. The number of Topliss-reactive ketones (excluding diaryl/α,β-unsaturated/α-hetero) is 1. The number of alkyl halides is 2. The van der Waals surface area contributed by atoms with E-state index in [2.05, 4.69) is 4.98 Å². The number of hydrogen-bond donors (Lipinski definition) is 0. The first-order chi connectivity index (χ1) is 11.6. The molecule has 0 saturated carbocycles. The van der Waals surface area contributed by atoms with E-state index in [0.29, 0.717) is 22.3 Å². The standard InChI is InChI=1S/C17H14F2N2O2S/c1-23-15-9-5-2-6-11(15)14(22)10-24-17-20-12-7-3-4-8-13(12)21(17)16(18)19/h2-9,16H,10H2,1H3. The zero-order valence-corrected chi connectivity index (χ0v) is 13.6. The summed E-state index contributed by atoms with van der Waals surface area (Å²) in [5, 5.41) is 0.120. The van der Waals surface area contributed by atoms with Crippen molar-refractivity contribution >= 4 is 28.6 Å². The van der Waals surface area contributed by atoms with Crippen molar-refractivity contribution in [2.75, 3.05) is 12.9 Å². The molecule has 1 aromatic heterocycles. The number of ether oxygens (including phenoxy) is 1. The van der Waals surface area contributed by atoms with E-state index in [1.165, 1.54) is 7.11 Å². The minimum absolute atomic E-state index is 0.00356. The largest absolute Gasteiger partial charge is 0.496 e. The fraction of sp³-hybridized carbons (Fsp3) is 0.176. The van der Waals surface area contributed by atoms with Crippen LogP contribution in [0.4, 0.5) is 8.78 Å². The molecule has 0 amide bonds. The highest BCUT2D eigenvalue weighted by Gasteiger charge is 2.20. The van der Waals surface area contributed by atoms with E-state index >= 15 is 0 Å². The number of carbonyl (C=O) groups excluding carboxylic acids is 1. The second-order valence-corrected chi connectivity index (χ2v) is 5.89. The lowest BCUT2D eigenvalue weighted by atomic mass is 10.1. The average Bonchev–Trinajstić information content (AvgIpc) is 2.98. The van der Waals surface area contributed by atoms with Gasteiger partial charge in [0, 0.05) is 0 Å².